The van der Waals surface area contributed by atoms with E-state index in [-0.39, 0.29) is 24.1 Å². The van der Waals surface area contributed by atoms with Gasteiger partial charge in [-0.2, -0.15) is 5.26 Å². The van der Waals surface area contributed by atoms with Crippen molar-refractivity contribution in [3.05, 3.63) is 41.7 Å². The lowest BCUT2D eigenvalue weighted by Gasteiger charge is -2.03. The highest BCUT2D eigenvalue weighted by atomic mass is 19.1. The number of rotatable bonds is 7. The van der Waals surface area contributed by atoms with Crippen LogP contribution in [0.15, 0.2) is 30.3 Å². The molecule has 2 amide bonds. The van der Waals surface area contributed by atoms with E-state index < -0.39 is 0 Å². The van der Waals surface area contributed by atoms with Crippen LogP contribution in [0.25, 0.3) is 6.08 Å². The second kappa shape index (κ2) is 9.26. The Balaban J connectivity index is 2.20. The molecular formula is C15H16FN3O2. The number of benzene rings is 1. The third kappa shape index (κ3) is 7.47. The molecule has 0 saturated carbocycles. The van der Waals surface area contributed by atoms with Crippen molar-refractivity contribution in [3.8, 4) is 6.07 Å². The maximum Gasteiger partial charge on any atom is 0.244 e. The van der Waals surface area contributed by atoms with Gasteiger partial charge in [-0.3, -0.25) is 9.59 Å². The smallest absolute Gasteiger partial charge is 0.244 e. The summed E-state index contributed by atoms with van der Waals surface area (Å²) in [5, 5.41) is 13.5. The minimum Gasteiger partial charge on any atom is -0.355 e. The summed E-state index contributed by atoms with van der Waals surface area (Å²) < 4.78 is 12.9. The molecule has 0 spiro atoms. The molecule has 0 saturated heterocycles. The maximum atomic E-state index is 12.9. The number of nitrogens with zero attached hydrogens (tertiary/aromatic N) is 1. The van der Waals surface area contributed by atoms with Crippen molar-refractivity contribution in [2.45, 2.75) is 12.8 Å². The third-order valence-corrected chi connectivity index (χ3v) is 2.49. The second-order valence-electron chi connectivity index (χ2n) is 4.22. The van der Waals surface area contributed by atoms with Gasteiger partial charge in [-0.05, 0) is 30.2 Å². The lowest BCUT2D eigenvalue weighted by Crippen LogP contribution is -2.28. The lowest BCUT2D eigenvalue weighted by atomic mass is 10.2. The zero-order chi connectivity index (χ0) is 15.5. The molecule has 0 aromatic heterocycles. The van der Waals surface area contributed by atoms with Crippen LogP contribution >= 0.6 is 0 Å². The first-order valence-electron chi connectivity index (χ1n) is 6.47. The van der Waals surface area contributed by atoms with Crippen molar-refractivity contribution in [1.29, 1.82) is 5.26 Å². The Hall–Kier alpha value is -2.68. The fraction of sp³-hybridized carbons (Fsp3) is 0.267. The normalized spacial score (nSPS) is 10.1. The van der Waals surface area contributed by atoms with Crippen LogP contribution in [0.2, 0.25) is 0 Å². The van der Waals surface area contributed by atoms with E-state index in [0.717, 1.165) is 0 Å². The first-order chi connectivity index (χ1) is 10.1. The standard InChI is InChI=1S/C15H16FN3O2/c16-13-4-1-3-12(11-13)5-6-14(20)18-9-2-10-19-15(21)7-8-17/h1,3-6,11H,2,7,9-10H2,(H,18,20)(H,19,21)/b6-5+. The van der Waals surface area contributed by atoms with Gasteiger partial charge in [0.2, 0.25) is 11.8 Å². The highest BCUT2D eigenvalue weighted by Gasteiger charge is 1.99. The van der Waals surface area contributed by atoms with E-state index in [1.54, 1.807) is 18.2 Å². The SMILES string of the molecule is N#CCC(=O)NCCCNC(=O)/C=C/c1cccc(F)c1. The van der Waals surface area contributed by atoms with Gasteiger partial charge in [-0.15, -0.1) is 0 Å². The van der Waals surface area contributed by atoms with Crippen LogP contribution in [-0.2, 0) is 9.59 Å². The number of amides is 2. The molecule has 6 heteroatoms. The number of nitrogens with one attached hydrogen (secondary N) is 2. The molecule has 1 aromatic carbocycles. The predicted octanol–water partition coefficient (Wildman–Crippen LogP) is 1.38. The summed E-state index contributed by atoms with van der Waals surface area (Å²) in [6.07, 6.45) is 3.25. The first-order valence-corrected chi connectivity index (χ1v) is 6.47. The Bertz CT molecular complexity index is 564. The van der Waals surface area contributed by atoms with Gasteiger partial charge >= 0.3 is 0 Å². The molecule has 0 aliphatic rings. The van der Waals surface area contributed by atoms with Crippen LogP contribution in [0.3, 0.4) is 0 Å². The molecule has 0 aliphatic carbocycles. The number of nitriles is 1. The first kappa shape index (κ1) is 16.4. The Labute approximate surface area is 122 Å². The average molecular weight is 289 g/mol. The van der Waals surface area contributed by atoms with Crippen molar-refractivity contribution in [1.82, 2.24) is 10.6 Å². The zero-order valence-electron chi connectivity index (χ0n) is 11.4. The van der Waals surface area contributed by atoms with E-state index in [4.69, 9.17) is 5.26 Å². The monoisotopic (exact) mass is 289 g/mol. The van der Waals surface area contributed by atoms with Gasteiger partial charge in [-0.25, -0.2) is 4.39 Å². The quantitative estimate of drug-likeness (QED) is 0.587. The van der Waals surface area contributed by atoms with Crippen LogP contribution in [-0.4, -0.2) is 24.9 Å². The number of hydrogen-bond acceptors (Lipinski definition) is 3. The van der Waals surface area contributed by atoms with Crippen molar-refractivity contribution in [2.24, 2.45) is 0 Å². The van der Waals surface area contributed by atoms with Crippen molar-refractivity contribution in [3.63, 3.8) is 0 Å². The summed E-state index contributed by atoms with van der Waals surface area (Å²) in [4.78, 5) is 22.4. The van der Waals surface area contributed by atoms with Gasteiger partial charge < -0.3 is 10.6 Å². The molecule has 2 N–H and O–H groups in total. The average Bonchev–Trinajstić information content (AvgIpc) is 2.45. The number of hydrogen-bond donors (Lipinski definition) is 2. The third-order valence-electron chi connectivity index (χ3n) is 2.49. The van der Waals surface area contributed by atoms with E-state index in [9.17, 15) is 14.0 Å². The lowest BCUT2D eigenvalue weighted by molar-refractivity contribution is -0.120. The molecule has 0 fully saturated rings. The van der Waals surface area contributed by atoms with Crippen LogP contribution < -0.4 is 10.6 Å². The van der Waals surface area contributed by atoms with Gasteiger partial charge in [0.05, 0.1) is 6.07 Å². The Morgan fingerprint density at radius 2 is 2.05 bits per heavy atom. The largest absolute Gasteiger partial charge is 0.355 e. The second-order valence-corrected chi connectivity index (χ2v) is 4.22. The van der Waals surface area contributed by atoms with Crippen LogP contribution in [0.5, 0.6) is 0 Å². The van der Waals surface area contributed by atoms with E-state index in [2.05, 4.69) is 10.6 Å². The van der Waals surface area contributed by atoms with Gasteiger partial charge in [0.25, 0.3) is 0 Å². The molecular weight excluding hydrogens is 273 g/mol. The Morgan fingerprint density at radius 3 is 2.76 bits per heavy atom. The fourth-order valence-electron chi connectivity index (χ4n) is 1.50. The summed E-state index contributed by atoms with van der Waals surface area (Å²) in [6.45, 7) is 0.799. The summed E-state index contributed by atoms with van der Waals surface area (Å²) in [5.41, 5.74) is 0.605. The maximum absolute atomic E-state index is 12.9. The van der Waals surface area contributed by atoms with Gasteiger partial charge in [-0.1, -0.05) is 12.1 Å². The molecule has 0 bridgehead atoms. The van der Waals surface area contributed by atoms with E-state index in [1.807, 2.05) is 0 Å². The summed E-state index contributed by atoms with van der Waals surface area (Å²) >= 11 is 0. The number of carbonyl (C=O) groups excluding carboxylic acids is 2. The molecule has 0 unspecified atom stereocenters. The Kier molecular flexibility index (Phi) is 7.22. The number of carbonyl (C=O) groups is 2. The molecule has 0 atom stereocenters. The minimum atomic E-state index is -0.356. The topological polar surface area (TPSA) is 82.0 Å². The molecule has 21 heavy (non-hydrogen) atoms. The minimum absolute atomic E-state index is 0.164. The molecule has 0 aliphatic heterocycles. The van der Waals surface area contributed by atoms with Crippen molar-refractivity contribution >= 4 is 17.9 Å². The van der Waals surface area contributed by atoms with E-state index in [1.165, 1.54) is 24.3 Å². The molecule has 110 valence electrons. The van der Waals surface area contributed by atoms with E-state index >= 15 is 0 Å². The van der Waals surface area contributed by atoms with Crippen molar-refractivity contribution in [2.75, 3.05) is 13.1 Å². The Morgan fingerprint density at radius 1 is 1.29 bits per heavy atom. The van der Waals surface area contributed by atoms with Gasteiger partial charge in [0.15, 0.2) is 0 Å². The molecule has 0 radical (unpaired) electrons. The van der Waals surface area contributed by atoms with Gasteiger partial charge in [0, 0.05) is 19.2 Å². The molecule has 1 aromatic rings. The summed E-state index contributed by atoms with van der Waals surface area (Å²) in [7, 11) is 0. The summed E-state index contributed by atoms with van der Waals surface area (Å²) in [5.74, 6) is -0.969. The van der Waals surface area contributed by atoms with Crippen molar-refractivity contribution < 1.29 is 14.0 Å². The number of halogens is 1. The molecule has 5 nitrogen and oxygen atoms in total. The molecule has 0 heterocycles. The predicted molar refractivity (Wildman–Crippen MR) is 76.3 cm³/mol. The zero-order valence-corrected chi connectivity index (χ0v) is 11.4. The highest BCUT2D eigenvalue weighted by molar-refractivity contribution is 5.91. The van der Waals surface area contributed by atoms with E-state index in [0.29, 0.717) is 25.1 Å². The fourth-order valence-corrected chi connectivity index (χ4v) is 1.50. The van der Waals surface area contributed by atoms with Crippen LogP contribution in [0, 0.1) is 17.1 Å². The highest BCUT2D eigenvalue weighted by Crippen LogP contribution is 2.04. The van der Waals surface area contributed by atoms with Crippen LogP contribution in [0.1, 0.15) is 18.4 Å². The van der Waals surface area contributed by atoms with Crippen LogP contribution in [0.4, 0.5) is 4.39 Å². The molecule has 1 rings (SSSR count). The summed E-state index contributed by atoms with van der Waals surface area (Å²) in [6, 6.07) is 7.66. The van der Waals surface area contributed by atoms with Gasteiger partial charge in [0.1, 0.15) is 12.2 Å².